The van der Waals surface area contributed by atoms with E-state index in [-0.39, 0.29) is 5.82 Å². The van der Waals surface area contributed by atoms with Crippen LogP contribution in [0.5, 0.6) is 0 Å². The molecule has 0 spiro atoms. The maximum Gasteiger partial charge on any atom is 0.123 e. The van der Waals surface area contributed by atoms with Crippen LogP contribution in [0.2, 0.25) is 0 Å². The fourth-order valence-corrected chi connectivity index (χ4v) is 3.71. The van der Waals surface area contributed by atoms with Crippen molar-refractivity contribution in [1.29, 1.82) is 0 Å². The number of fused-ring (bicyclic) bond motifs is 1. The molecule has 0 unspecified atom stereocenters. The zero-order chi connectivity index (χ0) is 23.4. The predicted octanol–water partition coefficient (Wildman–Crippen LogP) is 5.06. The molecule has 0 aliphatic rings. The van der Waals surface area contributed by atoms with E-state index in [9.17, 15) is 4.39 Å². The highest BCUT2D eigenvalue weighted by Crippen LogP contribution is 2.30. The predicted molar refractivity (Wildman–Crippen MR) is 135 cm³/mol. The average molecular weight is 438 g/mol. The Morgan fingerprint density at radius 2 is 1.94 bits per heavy atom. The summed E-state index contributed by atoms with van der Waals surface area (Å²) in [5.41, 5.74) is 5.98. The van der Waals surface area contributed by atoms with Gasteiger partial charge in [0.1, 0.15) is 11.5 Å². The van der Waals surface area contributed by atoms with Crippen molar-refractivity contribution in [1.82, 2.24) is 20.2 Å². The summed E-state index contributed by atoms with van der Waals surface area (Å²) in [6, 6.07) is 8.45. The third-order valence-corrected chi connectivity index (χ3v) is 5.40. The van der Waals surface area contributed by atoms with Crippen LogP contribution in [0.15, 0.2) is 84.3 Å². The van der Waals surface area contributed by atoms with Crippen molar-refractivity contribution < 1.29 is 4.39 Å². The summed E-state index contributed by atoms with van der Waals surface area (Å²) < 4.78 is 13.4. The number of benzene rings is 1. The van der Waals surface area contributed by atoms with Gasteiger partial charge in [-0.3, -0.25) is 15.1 Å². The molecule has 33 heavy (non-hydrogen) atoms. The Bertz CT molecular complexity index is 1510. The Balaban J connectivity index is 1.87. The minimum absolute atomic E-state index is 0.271. The number of allylic oxidation sites excluding steroid dienone is 3. The van der Waals surface area contributed by atoms with Crippen molar-refractivity contribution in [3.05, 3.63) is 95.7 Å². The summed E-state index contributed by atoms with van der Waals surface area (Å²) in [7, 11) is 0. The van der Waals surface area contributed by atoms with Crippen molar-refractivity contribution >= 4 is 29.3 Å². The Labute approximate surface area is 191 Å². The van der Waals surface area contributed by atoms with Crippen LogP contribution in [0.1, 0.15) is 13.8 Å². The standard InChI is InChI=1S/C27H24FN5/c1-5-18(14-29-7-3)17(4)12-22-24(6-2)32-33-27(22)25-13-21-23(15-30-16-26(21)31-25)19-8-10-20(28)11-9-19/h5-16,31-32H,3-4H2,1-2H3/b18-5+,22-12+,24-6+,29-14?. The molecule has 3 heterocycles. The normalized spacial score (nSPS) is 13.4. The highest BCUT2D eigenvalue weighted by molar-refractivity contribution is 5.97. The summed E-state index contributed by atoms with van der Waals surface area (Å²) in [6.07, 6.45) is 12.7. The van der Waals surface area contributed by atoms with Crippen molar-refractivity contribution in [2.24, 2.45) is 4.99 Å². The van der Waals surface area contributed by atoms with E-state index in [2.05, 4.69) is 38.3 Å². The molecular weight excluding hydrogens is 413 g/mol. The topological polar surface area (TPSA) is 69.7 Å². The number of pyridine rings is 1. The summed E-state index contributed by atoms with van der Waals surface area (Å²) >= 11 is 0. The Kier molecular flexibility index (Phi) is 6.26. The summed E-state index contributed by atoms with van der Waals surface area (Å²) in [5, 5.41) is 10.4. The number of nitrogens with one attached hydrogen (secondary N) is 2. The first-order chi connectivity index (χ1) is 16.0. The van der Waals surface area contributed by atoms with E-state index < -0.39 is 0 Å². The fraction of sp³-hybridized carbons (Fsp3) is 0.0741. The van der Waals surface area contributed by atoms with Crippen LogP contribution in [0, 0.1) is 5.82 Å². The van der Waals surface area contributed by atoms with Crippen LogP contribution in [0.25, 0.3) is 45.6 Å². The number of H-pyrrole nitrogens is 2. The average Bonchev–Trinajstić information content (AvgIpc) is 3.43. The number of halogens is 1. The zero-order valence-electron chi connectivity index (χ0n) is 18.6. The van der Waals surface area contributed by atoms with Crippen LogP contribution in [0.3, 0.4) is 0 Å². The molecule has 164 valence electrons. The van der Waals surface area contributed by atoms with Crippen molar-refractivity contribution in [2.75, 3.05) is 0 Å². The first-order valence-corrected chi connectivity index (χ1v) is 10.5. The van der Waals surface area contributed by atoms with Crippen molar-refractivity contribution in [3.63, 3.8) is 0 Å². The van der Waals surface area contributed by atoms with Gasteiger partial charge in [-0.15, -0.1) is 0 Å². The minimum Gasteiger partial charge on any atom is -0.352 e. The van der Waals surface area contributed by atoms with Gasteiger partial charge in [0.2, 0.25) is 0 Å². The van der Waals surface area contributed by atoms with Gasteiger partial charge in [0.05, 0.1) is 22.8 Å². The summed E-state index contributed by atoms with van der Waals surface area (Å²) in [5.74, 6) is -0.271. The number of aromatic nitrogens is 4. The third kappa shape index (κ3) is 4.36. The Hall–Kier alpha value is -4.32. The van der Waals surface area contributed by atoms with Crippen molar-refractivity contribution in [2.45, 2.75) is 13.8 Å². The van der Waals surface area contributed by atoms with E-state index in [1.165, 1.54) is 18.3 Å². The zero-order valence-corrected chi connectivity index (χ0v) is 18.6. The van der Waals surface area contributed by atoms with Gasteiger partial charge in [0.25, 0.3) is 0 Å². The highest BCUT2D eigenvalue weighted by Gasteiger charge is 2.13. The molecule has 0 bridgehead atoms. The van der Waals surface area contributed by atoms with E-state index in [1.54, 1.807) is 30.7 Å². The van der Waals surface area contributed by atoms with Crippen LogP contribution in [-0.4, -0.2) is 26.4 Å². The number of nitrogens with zero attached hydrogens (tertiary/aromatic N) is 3. The lowest BCUT2D eigenvalue weighted by atomic mass is 10.0. The Morgan fingerprint density at radius 1 is 1.15 bits per heavy atom. The molecule has 6 heteroatoms. The Morgan fingerprint density at radius 3 is 2.64 bits per heavy atom. The summed E-state index contributed by atoms with van der Waals surface area (Å²) in [6.45, 7) is 11.7. The van der Waals surface area contributed by atoms with Gasteiger partial charge in [0, 0.05) is 34.8 Å². The smallest absolute Gasteiger partial charge is 0.123 e. The van der Waals surface area contributed by atoms with E-state index in [1.807, 2.05) is 38.1 Å². The lowest BCUT2D eigenvalue weighted by molar-refractivity contribution is 0.628. The molecular formula is C27H24FN5. The molecule has 0 amide bonds. The van der Waals surface area contributed by atoms with Crippen LogP contribution < -0.4 is 10.6 Å². The molecule has 0 aliphatic heterocycles. The molecule has 1 aromatic carbocycles. The van der Waals surface area contributed by atoms with Crippen LogP contribution in [0.4, 0.5) is 4.39 Å². The van der Waals surface area contributed by atoms with Gasteiger partial charge in [-0.25, -0.2) is 4.39 Å². The fourth-order valence-electron chi connectivity index (χ4n) is 3.71. The van der Waals surface area contributed by atoms with Gasteiger partial charge in [-0.2, -0.15) is 5.10 Å². The third-order valence-electron chi connectivity index (χ3n) is 5.40. The molecule has 2 N–H and O–H groups in total. The molecule has 0 atom stereocenters. The molecule has 0 radical (unpaired) electrons. The van der Waals surface area contributed by atoms with E-state index in [4.69, 9.17) is 0 Å². The van der Waals surface area contributed by atoms with Gasteiger partial charge in [-0.1, -0.05) is 37.4 Å². The molecule has 3 aromatic heterocycles. The minimum atomic E-state index is -0.271. The second kappa shape index (κ2) is 9.44. The van der Waals surface area contributed by atoms with Gasteiger partial charge < -0.3 is 4.98 Å². The maximum absolute atomic E-state index is 13.4. The van der Waals surface area contributed by atoms with Gasteiger partial charge in [-0.05, 0) is 54.8 Å². The van der Waals surface area contributed by atoms with E-state index >= 15 is 0 Å². The highest BCUT2D eigenvalue weighted by atomic mass is 19.1. The SMILES string of the molecule is C=CN=C/C(=C\C)C(=C)/C=c1/c(-c2cc3c(-c4ccc(F)cc4)cncc3[nH]2)n[nH]/c1=C/C. The molecule has 4 aromatic rings. The van der Waals surface area contributed by atoms with Crippen LogP contribution >= 0.6 is 0 Å². The molecule has 0 fully saturated rings. The summed E-state index contributed by atoms with van der Waals surface area (Å²) in [4.78, 5) is 11.9. The van der Waals surface area contributed by atoms with E-state index in [0.29, 0.717) is 0 Å². The van der Waals surface area contributed by atoms with Crippen LogP contribution in [-0.2, 0) is 0 Å². The van der Waals surface area contributed by atoms with Crippen molar-refractivity contribution in [3.8, 4) is 22.5 Å². The first kappa shape index (κ1) is 21.9. The van der Waals surface area contributed by atoms with Gasteiger partial charge >= 0.3 is 0 Å². The lowest BCUT2D eigenvalue weighted by Crippen LogP contribution is -2.23. The second-order valence-corrected chi connectivity index (χ2v) is 7.40. The lowest BCUT2D eigenvalue weighted by Gasteiger charge is -2.02. The maximum atomic E-state index is 13.4. The van der Waals surface area contributed by atoms with E-state index in [0.717, 1.165) is 55.1 Å². The molecule has 4 rings (SSSR count). The molecule has 0 saturated carbocycles. The molecule has 0 aliphatic carbocycles. The second-order valence-electron chi connectivity index (χ2n) is 7.40. The quantitative estimate of drug-likeness (QED) is 0.327. The molecule has 0 saturated heterocycles. The first-order valence-electron chi connectivity index (χ1n) is 10.5. The molecule has 5 nitrogen and oxygen atoms in total. The number of hydrogen-bond acceptors (Lipinski definition) is 3. The monoisotopic (exact) mass is 437 g/mol. The van der Waals surface area contributed by atoms with Gasteiger partial charge in [0.15, 0.2) is 0 Å². The number of aromatic amines is 2. The number of rotatable bonds is 6. The number of aliphatic imine (C=N–C) groups is 1. The largest absolute Gasteiger partial charge is 0.352 e. The number of hydrogen-bond donors (Lipinski definition) is 2.